The molecule has 0 bridgehead atoms. The van der Waals surface area contributed by atoms with Crippen molar-refractivity contribution in [3.8, 4) is 11.1 Å². The maximum absolute atomic E-state index is 14.4. The minimum absolute atomic E-state index is 0.344. The van der Waals surface area contributed by atoms with Crippen molar-refractivity contribution in [1.29, 1.82) is 0 Å². The van der Waals surface area contributed by atoms with E-state index in [0.717, 1.165) is 27.3 Å². The molecule has 0 unspecified atom stereocenters. The van der Waals surface area contributed by atoms with E-state index >= 15 is 0 Å². The molecule has 0 atom stereocenters. The minimum Gasteiger partial charge on any atom is -0.204 e. The first kappa shape index (κ1) is 13.0. The fourth-order valence-electron chi connectivity index (χ4n) is 2.98. The molecule has 0 N–H and O–H groups in total. The third-order valence-corrected chi connectivity index (χ3v) is 4.00. The van der Waals surface area contributed by atoms with Crippen LogP contribution in [0.2, 0.25) is 0 Å². The molecule has 0 heterocycles. The number of hydrogen-bond donors (Lipinski definition) is 0. The van der Waals surface area contributed by atoms with E-state index < -0.39 is 11.6 Å². The van der Waals surface area contributed by atoms with Gasteiger partial charge in [-0.15, -0.1) is 0 Å². The molecule has 4 aromatic carbocycles. The third kappa shape index (κ3) is 1.88. The monoisotopic (exact) mass is 290 g/mol. The van der Waals surface area contributed by atoms with Gasteiger partial charge in [-0.05, 0) is 39.4 Å². The molecule has 0 aromatic heterocycles. The Morgan fingerprint density at radius 2 is 1.36 bits per heavy atom. The van der Waals surface area contributed by atoms with Gasteiger partial charge in [-0.25, -0.2) is 8.78 Å². The lowest BCUT2D eigenvalue weighted by Gasteiger charge is -2.12. The number of halogens is 2. The highest BCUT2D eigenvalue weighted by Crippen LogP contribution is 2.36. The predicted octanol–water partition coefficient (Wildman–Crippen LogP) is 5.94. The summed E-state index contributed by atoms with van der Waals surface area (Å²) in [7, 11) is 0. The van der Waals surface area contributed by atoms with Crippen LogP contribution in [0.25, 0.3) is 32.7 Å². The Morgan fingerprint density at radius 1 is 0.636 bits per heavy atom. The molecule has 22 heavy (non-hydrogen) atoms. The second kappa shape index (κ2) is 4.92. The van der Waals surface area contributed by atoms with E-state index in [1.54, 1.807) is 6.07 Å². The van der Waals surface area contributed by atoms with Crippen molar-refractivity contribution in [1.82, 2.24) is 0 Å². The van der Waals surface area contributed by atoms with Crippen LogP contribution in [0.1, 0.15) is 0 Å². The van der Waals surface area contributed by atoms with Gasteiger partial charge in [0.1, 0.15) is 0 Å². The van der Waals surface area contributed by atoms with Crippen molar-refractivity contribution < 1.29 is 8.78 Å². The van der Waals surface area contributed by atoms with Crippen molar-refractivity contribution >= 4 is 21.5 Å². The average Bonchev–Trinajstić information content (AvgIpc) is 2.58. The highest BCUT2D eigenvalue weighted by molar-refractivity contribution is 6.14. The average molecular weight is 290 g/mol. The second-order valence-electron chi connectivity index (χ2n) is 5.30. The van der Waals surface area contributed by atoms with Crippen LogP contribution in [-0.4, -0.2) is 0 Å². The van der Waals surface area contributed by atoms with Gasteiger partial charge in [-0.2, -0.15) is 0 Å². The molecule has 106 valence electrons. The van der Waals surface area contributed by atoms with E-state index in [4.69, 9.17) is 0 Å². The molecule has 0 nitrogen and oxygen atoms in total. The molecular formula is C20H12F2. The van der Waals surface area contributed by atoms with Crippen molar-refractivity contribution in [2.24, 2.45) is 0 Å². The van der Waals surface area contributed by atoms with Crippen LogP contribution in [0.4, 0.5) is 8.78 Å². The lowest BCUT2D eigenvalue weighted by Crippen LogP contribution is -1.91. The van der Waals surface area contributed by atoms with Crippen LogP contribution in [0.3, 0.4) is 0 Å². The molecule has 0 radical (unpaired) electrons. The van der Waals surface area contributed by atoms with Gasteiger partial charge in [-0.1, -0.05) is 60.7 Å². The van der Waals surface area contributed by atoms with Gasteiger partial charge in [0.2, 0.25) is 0 Å². The first-order chi connectivity index (χ1) is 10.8. The van der Waals surface area contributed by atoms with Crippen molar-refractivity contribution in [3.63, 3.8) is 0 Å². The van der Waals surface area contributed by atoms with Crippen LogP contribution in [-0.2, 0) is 0 Å². The van der Waals surface area contributed by atoms with Crippen molar-refractivity contribution in [2.45, 2.75) is 0 Å². The molecule has 0 saturated heterocycles. The highest BCUT2D eigenvalue weighted by Gasteiger charge is 2.14. The largest absolute Gasteiger partial charge is 0.204 e. The molecule has 4 rings (SSSR count). The zero-order valence-electron chi connectivity index (χ0n) is 11.7. The van der Waals surface area contributed by atoms with Gasteiger partial charge in [0, 0.05) is 5.39 Å². The van der Waals surface area contributed by atoms with E-state index in [9.17, 15) is 8.78 Å². The molecule has 0 saturated carbocycles. The molecule has 0 fully saturated rings. The zero-order valence-corrected chi connectivity index (χ0v) is 11.7. The normalized spacial score (nSPS) is 11.2. The molecule has 4 aromatic rings. The topological polar surface area (TPSA) is 0 Å². The Balaban J connectivity index is 2.24. The lowest BCUT2D eigenvalue weighted by molar-refractivity contribution is 0.517. The smallest absolute Gasteiger partial charge is 0.167 e. The fourth-order valence-corrected chi connectivity index (χ4v) is 2.98. The Hall–Kier alpha value is -2.74. The summed E-state index contributed by atoms with van der Waals surface area (Å²) in [6, 6.07) is 22.1. The molecule has 0 amide bonds. The second-order valence-corrected chi connectivity index (χ2v) is 5.30. The van der Waals surface area contributed by atoms with E-state index in [1.165, 1.54) is 6.07 Å². The number of fused-ring (bicyclic) bond motifs is 3. The Morgan fingerprint density at radius 3 is 2.18 bits per heavy atom. The summed E-state index contributed by atoms with van der Waals surface area (Å²) >= 11 is 0. The summed E-state index contributed by atoms with van der Waals surface area (Å²) in [5, 5.41) is 2.70. The van der Waals surface area contributed by atoms with Crippen LogP contribution in [0.15, 0.2) is 72.8 Å². The molecule has 0 aliphatic heterocycles. The van der Waals surface area contributed by atoms with Crippen molar-refractivity contribution in [2.75, 3.05) is 0 Å². The van der Waals surface area contributed by atoms with Gasteiger partial charge in [0.15, 0.2) is 11.6 Å². The SMILES string of the molecule is Fc1ccc2c(-c3ccccc3)cc3ccccc3c2c1F. The molecular weight excluding hydrogens is 278 g/mol. The van der Waals surface area contributed by atoms with E-state index in [1.807, 2.05) is 60.7 Å². The maximum atomic E-state index is 14.4. The maximum Gasteiger partial charge on any atom is 0.167 e. The van der Waals surface area contributed by atoms with E-state index in [0.29, 0.717) is 5.39 Å². The van der Waals surface area contributed by atoms with Crippen LogP contribution < -0.4 is 0 Å². The predicted molar refractivity (Wildman–Crippen MR) is 86.8 cm³/mol. The summed E-state index contributed by atoms with van der Waals surface area (Å²) < 4.78 is 28.2. The number of benzene rings is 4. The minimum atomic E-state index is -0.817. The summed E-state index contributed by atoms with van der Waals surface area (Å²) in [6.07, 6.45) is 0. The zero-order chi connectivity index (χ0) is 15.1. The molecule has 0 aliphatic rings. The molecule has 0 spiro atoms. The summed E-state index contributed by atoms with van der Waals surface area (Å²) in [5.74, 6) is -1.60. The van der Waals surface area contributed by atoms with Gasteiger partial charge < -0.3 is 0 Å². The van der Waals surface area contributed by atoms with Gasteiger partial charge >= 0.3 is 0 Å². The quantitative estimate of drug-likeness (QED) is 0.381. The summed E-state index contributed by atoms with van der Waals surface area (Å²) in [4.78, 5) is 0. The van der Waals surface area contributed by atoms with Crippen molar-refractivity contribution in [3.05, 3.63) is 84.4 Å². The Bertz CT molecular complexity index is 989. The van der Waals surface area contributed by atoms with Crippen LogP contribution >= 0.6 is 0 Å². The number of hydrogen-bond acceptors (Lipinski definition) is 0. The van der Waals surface area contributed by atoms with Crippen LogP contribution in [0, 0.1) is 11.6 Å². The van der Waals surface area contributed by atoms with E-state index in [-0.39, 0.29) is 0 Å². The lowest BCUT2D eigenvalue weighted by atomic mass is 9.93. The Kier molecular flexibility index (Phi) is 2.90. The number of rotatable bonds is 1. The first-order valence-electron chi connectivity index (χ1n) is 7.10. The standard InChI is InChI=1S/C20H12F2/c21-18-11-10-16-17(13-6-2-1-3-7-13)12-14-8-4-5-9-15(14)19(16)20(18)22/h1-12H. The van der Waals surface area contributed by atoms with E-state index in [2.05, 4.69) is 0 Å². The summed E-state index contributed by atoms with van der Waals surface area (Å²) in [5.41, 5.74) is 1.90. The van der Waals surface area contributed by atoms with Gasteiger partial charge in [0.05, 0.1) is 0 Å². The highest BCUT2D eigenvalue weighted by atomic mass is 19.2. The molecule has 2 heteroatoms. The summed E-state index contributed by atoms with van der Waals surface area (Å²) in [6.45, 7) is 0. The van der Waals surface area contributed by atoms with Gasteiger partial charge in [0.25, 0.3) is 0 Å². The fraction of sp³-hybridized carbons (Fsp3) is 0. The third-order valence-electron chi connectivity index (χ3n) is 4.00. The Labute approximate surface area is 126 Å². The molecule has 0 aliphatic carbocycles. The van der Waals surface area contributed by atoms with Crippen LogP contribution in [0.5, 0.6) is 0 Å². The first-order valence-corrected chi connectivity index (χ1v) is 7.10. The van der Waals surface area contributed by atoms with Gasteiger partial charge in [-0.3, -0.25) is 0 Å².